The molecular weight excluding hydrogens is 266 g/mol. The van der Waals surface area contributed by atoms with Crippen LogP contribution in [-0.2, 0) is 9.53 Å². The number of ether oxygens (including phenoxy) is 1. The lowest BCUT2D eigenvalue weighted by atomic mass is 10.0. The van der Waals surface area contributed by atoms with Crippen molar-refractivity contribution in [2.75, 3.05) is 6.61 Å². The van der Waals surface area contributed by atoms with E-state index in [2.05, 4.69) is 4.98 Å². The van der Waals surface area contributed by atoms with Crippen molar-refractivity contribution in [1.29, 1.82) is 0 Å². The number of nitrogens with zero attached hydrogens (tertiary/aromatic N) is 1. The number of benzene rings is 1. The summed E-state index contributed by atoms with van der Waals surface area (Å²) in [5.74, 6) is -1.03. The molecule has 1 unspecified atom stereocenters. The molecule has 0 amide bonds. The summed E-state index contributed by atoms with van der Waals surface area (Å²) >= 11 is 6.12. The summed E-state index contributed by atoms with van der Waals surface area (Å²) in [4.78, 5) is 14.7. The fourth-order valence-electron chi connectivity index (χ4n) is 1.73. The number of aromatic nitrogens is 1. The summed E-state index contributed by atoms with van der Waals surface area (Å²) in [6, 6.07) is 11.0. The first-order chi connectivity index (χ1) is 9.18. The third-order valence-electron chi connectivity index (χ3n) is 2.55. The molecule has 1 N–H and O–H groups in total. The molecule has 1 aromatic heterocycles. The fourth-order valence-corrected chi connectivity index (χ4v) is 1.93. The standard InChI is InChI=1S/C14H12ClNO3/c15-12-6-7-16-8-11(12)14(19-9-13(17)18)10-4-2-1-3-5-10/h1-8,14H,9H2,(H,17,18). The Labute approximate surface area is 115 Å². The van der Waals surface area contributed by atoms with Crippen LogP contribution in [0.2, 0.25) is 5.02 Å². The van der Waals surface area contributed by atoms with E-state index in [4.69, 9.17) is 21.4 Å². The van der Waals surface area contributed by atoms with Crippen molar-refractivity contribution in [3.05, 3.63) is 64.9 Å². The Morgan fingerprint density at radius 1 is 1.32 bits per heavy atom. The minimum Gasteiger partial charge on any atom is -0.480 e. The zero-order chi connectivity index (χ0) is 13.7. The zero-order valence-electron chi connectivity index (χ0n) is 9.99. The van der Waals surface area contributed by atoms with E-state index in [0.717, 1.165) is 5.56 Å². The lowest BCUT2D eigenvalue weighted by Crippen LogP contribution is -2.13. The fraction of sp³-hybridized carbons (Fsp3) is 0.143. The van der Waals surface area contributed by atoms with E-state index in [1.807, 2.05) is 30.3 Å². The molecule has 0 saturated carbocycles. The first kappa shape index (κ1) is 13.5. The van der Waals surface area contributed by atoms with Crippen molar-refractivity contribution in [3.8, 4) is 0 Å². The zero-order valence-corrected chi connectivity index (χ0v) is 10.7. The van der Waals surface area contributed by atoms with Crippen molar-refractivity contribution >= 4 is 17.6 Å². The highest BCUT2D eigenvalue weighted by atomic mass is 35.5. The van der Waals surface area contributed by atoms with Gasteiger partial charge in [0.2, 0.25) is 0 Å². The normalized spacial score (nSPS) is 12.1. The van der Waals surface area contributed by atoms with Crippen LogP contribution < -0.4 is 0 Å². The van der Waals surface area contributed by atoms with Crippen molar-refractivity contribution < 1.29 is 14.6 Å². The molecule has 0 bridgehead atoms. The average molecular weight is 278 g/mol. The third-order valence-corrected chi connectivity index (χ3v) is 2.90. The van der Waals surface area contributed by atoms with Crippen molar-refractivity contribution in [3.63, 3.8) is 0 Å². The van der Waals surface area contributed by atoms with Gasteiger partial charge in [0.15, 0.2) is 0 Å². The number of aliphatic carboxylic acids is 1. The van der Waals surface area contributed by atoms with Crippen molar-refractivity contribution in [1.82, 2.24) is 4.98 Å². The van der Waals surface area contributed by atoms with E-state index < -0.39 is 18.7 Å². The van der Waals surface area contributed by atoms with Crippen LogP contribution in [0.25, 0.3) is 0 Å². The molecule has 0 radical (unpaired) electrons. The minimum atomic E-state index is -1.03. The quantitative estimate of drug-likeness (QED) is 0.913. The number of carboxylic acid groups (broad SMARTS) is 1. The number of hydrogen-bond acceptors (Lipinski definition) is 3. The number of halogens is 1. The van der Waals surface area contributed by atoms with Gasteiger partial charge in [-0.2, -0.15) is 0 Å². The molecule has 98 valence electrons. The Morgan fingerprint density at radius 3 is 2.68 bits per heavy atom. The van der Waals surface area contributed by atoms with Gasteiger partial charge < -0.3 is 9.84 Å². The highest BCUT2D eigenvalue weighted by Crippen LogP contribution is 2.30. The molecule has 0 fully saturated rings. The van der Waals surface area contributed by atoms with Crippen molar-refractivity contribution in [2.45, 2.75) is 6.10 Å². The van der Waals surface area contributed by atoms with Gasteiger partial charge in [0.1, 0.15) is 12.7 Å². The first-order valence-corrected chi connectivity index (χ1v) is 6.04. The molecule has 1 atom stereocenters. The Bertz CT molecular complexity index is 560. The first-order valence-electron chi connectivity index (χ1n) is 5.66. The van der Waals surface area contributed by atoms with Gasteiger partial charge in [-0.15, -0.1) is 0 Å². The summed E-state index contributed by atoms with van der Waals surface area (Å²) < 4.78 is 5.43. The maximum absolute atomic E-state index is 10.7. The number of carboxylic acids is 1. The summed E-state index contributed by atoms with van der Waals surface area (Å²) in [5.41, 5.74) is 1.48. The molecule has 5 heteroatoms. The molecule has 0 spiro atoms. The SMILES string of the molecule is O=C(O)COC(c1ccccc1)c1cnccc1Cl. The summed E-state index contributed by atoms with van der Waals surface area (Å²) in [6.45, 7) is -0.398. The molecular formula is C14H12ClNO3. The average Bonchev–Trinajstić information content (AvgIpc) is 2.42. The van der Waals surface area contributed by atoms with Crippen LogP contribution in [0.5, 0.6) is 0 Å². The summed E-state index contributed by atoms with van der Waals surface area (Å²) in [6.07, 6.45) is 2.62. The number of pyridine rings is 1. The largest absolute Gasteiger partial charge is 0.480 e. The Kier molecular flexibility index (Phi) is 4.49. The lowest BCUT2D eigenvalue weighted by Gasteiger charge is -2.18. The molecule has 19 heavy (non-hydrogen) atoms. The van der Waals surface area contributed by atoms with Gasteiger partial charge in [-0.25, -0.2) is 4.79 Å². The topological polar surface area (TPSA) is 59.4 Å². The summed E-state index contributed by atoms with van der Waals surface area (Å²) in [7, 11) is 0. The number of carbonyl (C=O) groups is 1. The van der Waals surface area contributed by atoms with E-state index in [0.29, 0.717) is 10.6 Å². The van der Waals surface area contributed by atoms with Crippen molar-refractivity contribution in [2.24, 2.45) is 0 Å². The second-order valence-electron chi connectivity index (χ2n) is 3.89. The van der Waals surface area contributed by atoms with Crippen LogP contribution in [0.1, 0.15) is 17.2 Å². The van der Waals surface area contributed by atoms with E-state index in [1.165, 1.54) is 0 Å². The van der Waals surface area contributed by atoms with Gasteiger partial charge in [0.25, 0.3) is 0 Å². The third kappa shape index (κ3) is 3.53. The van der Waals surface area contributed by atoms with Crippen LogP contribution >= 0.6 is 11.6 Å². The van der Waals surface area contributed by atoms with Crippen LogP contribution in [0.15, 0.2) is 48.8 Å². The molecule has 1 heterocycles. The van der Waals surface area contributed by atoms with Crippen LogP contribution in [-0.4, -0.2) is 22.7 Å². The monoisotopic (exact) mass is 277 g/mol. The van der Waals surface area contributed by atoms with Crippen LogP contribution in [0.4, 0.5) is 0 Å². The highest BCUT2D eigenvalue weighted by Gasteiger charge is 2.18. The number of hydrogen-bond donors (Lipinski definition) is 1. The van der Waals surface area contributed by atoms with E-state index in [9.17, 15) is 4.79 Å². The molecule has 0 aliphatic heterocycles. The van der Waals surface area contributed by atoms with Gasteiger partial charge >= 0.3 is 5.97 Å². The molecule has 0 aliphatic carbocycles. The van der Waals surface area contributed by atoms with Gasteiger partial charge in [-0.1, -0.05) is 41.9 Å². The minimum absolute atomic E-state index is 0.398. The smallest absolute Gasteiger partial charge is 0.329 e. The molecule has 2 rings (SSSR count). The predicted molar refractivity (Wildman–Crippen MR) is 71.1 cm³/mol. The Hall–Kier alpha value is -1.91. The summed E-state index contributed by atoms with van der Waals surface area (Å²) in [5, 5.41) is 9.25. The van der Waals surface area contributed by atoms with E-state index in [-0.39, 0.29) is 0 Å². The molecule has 0 aliphatic rings. The van der Waals surface area contributed by atoms with Gasteiger partial charge in [-0.3, -0.25) is 4.98 Å². The molecule has 4 nitrogen and oxygen atoms in total. The second kappa shape index (κ2) is 6.31. The highest BCUT2D eigenvalue weighted by molar-refractivity contribution is 6.31. The van der Waals surface area contributed by atoms with Crippen LogP contribution in [0.3, 0.4) is 0 Å². The molecule has 2 aromatic rings. The van der Waals surface area contributed by atoms with Gasteiger partial charge in [-0.05, 0) is 11.6 Å². The Morgan fingerprint density at radius 2 is 2.05 bits per heavy atom. The maximum Gasteiger partial charge on any atom is 0.329 e. The predicted octanol–water partition coefficient (Wildman–Crippen LogP) is 2.93. The van der Waals surface area contributed by atoms with E-state index >= 15 is 0 Å². The number of rotatable bonds is 5. The maximum atomic E-state index is 10.7. The molecule has 1 aromatic carbocycles. The van der Waals surface area contributed by atoms with Gasteiger partial charge in [0.05, 0.1) is 0 Å². The molecule has 0 saturated heterocycles. The lowest BCUT2D eigenvalue weighted by molar-refractivity contribution is -0.143. The van der Waals surface area contributed by atoms with Crippen LogP contribution in [0, 0.1) is 0 Å². The Balaban J connectivity index is 2.35. The van der Waals surface area contributed by atoms with E-state index in [1.54, 1.807) is 18.5 Å². The second-order valence-corrected chi connectivity index (χ2v) is 4.30. The van der Waals surface area contributed by atoms with Gasteiger partial charge in [0, 0.05) is 23.0 Å².